The van der Waals surface area contributed by atoms with Crippen LogP contribution in [0.2, 0.25) is 0 Å². The summed E-state index contributed by atoms with van der Waals surface area (Å²) in [4.78, 5) is 13.4. The standard InChI is InChI=1S/C29H32N6/c1-4-20-12-26(18-32-14-20)34-19(2)29-27-13-22(5-10-28(27)35-29)23-11-21(15-31-17-23)16-33-25-8-6-24(30-3)7-9-25/h4-5,10-15,17-18,24-25,30,33-34H,1-2,6-9,16H2,3H3. The molecule has 0 bridgehead atoms. The predicted molar refractivity (Wildman–Crippen MR) is 143 cm³/mol. The molecule has 2 aromatic heterocycles. The van der Waals surface area contributed by atoms with Crippen molar-refractivity contribution in [1.29, 1.82) is 0 Å². The van der Waals surface area contributed by atoms with Crippen molar-refractivity contribution < 1.29 is 0 Å². The molecule has 2 aliphatic rings. The number of aromatic nitrogens is 2. The molecule has 1 saturated carbocycles. The normalized spacial score (nSPS) is 18.7. The van der Waals surface area contributed by atoms with E-state index in [0.717, 1.165) is 50.9 Å². The maximum atomic E-state index is 4.65. The van der Waals surface area contributed by atoms with E-state index in [2.05, 4.69) is 75.4 Å². The summed E-state index contributed by atoms with van der Waals surface area (Å²) in [5.41, 5.74) is 6.88. The zero-order chi connectivity index (χ0) is 24.2. The fourth-order valence-electron chi connectivity index (χ4n) is 4.82. The molecule has 0 unspecified atom stereocenters. The molecule has 0 radical (unpaired) electrons. The summed E-state index contributed by atoms with van der Waals surface area (Å²) in [6.45, 7) is 8.84. The third kappa shape index (κ3) is 5.24. The van der Waals surface area contributed by atoms with Gasteiger partial charge in [-0.05, 0) is 73.7 Å². The third-order valence-electron chi connectivity index (χ3n) is 6.92. The van der Waals surface area contributed by atoms with Gasteiger partial charge in [-0.15, -0.1) is 0 Å². The van der Waals surface area contributed by atoms with Gasteiger partial charge in [-0.2, -0.15) is 0 Å². The number of hydrogen-bond acceptors (Lipinski definition) is 6. The molecule has 1 aliphatic carbocycles. The first kappa shape index (κ1) is 23.1. The molecular formula is C29H32N6. The van der Waals surface area contributed by atoms with E-state index < -0.39 is 0 Å². The van der Waals surface area contributed by atoms with Crippen LogP contribution in [0.4, 0.5) is 5.69 Å². The summed E-state index contributed by atoms with van der Waals surface area (Å²) < 4.78 is 0. The van der Waals surface area contributed by atoms with Crippen molar-refractivity contribution in [2.24, 2.45) is 4.99 Å². The molecule has 1 fully saturated rings. The second-order valence-electron chi connectivity index (χ2n) is 9.31. The summed E-state index contributed by atoms with van der Waals surface area (Å²) in [5.74, 6) is 0. The van der Waals surface area contributed by atoms with Crippen LogP contribution in [0.5, 0.6) is 0 Å². The molecule has 0 atom stereocenters. The number of rotatable bonds is 9. The van der Waals surface area contributed by atoms with Gasteiger partial charge in [-0.1, -0.05) is 25.3 Å². The molecule has 0 spiro atoms. The fraction of sp³-hybridized carbons (Fsp3) is 0.276. The maximum Gasteiger partial charge on any atom is 0.0960 e. The fourth-order valence-corrected chi connectivity index (χ4v) is 4.82. The molecule has 1 aliphatic heterocycles. The van der Waals surface area contributed by atoms with Gasteiger partial charge in [0.05, 0.1) is 28.6 Å². The first-order valence-electron chi connectivity index (χ1n) is 12.2. The van der Waals surface area contributed by atoms with Crippen LogP contribution in [0.15, 0.2) is 79.0 Å². The van der Waals surface area contributed by atoms with Crippen LogP contribution < -0.4 is 26.5 Å². The summed E-state index contributed by atoms with van der Waals surface area (Å²) in [6, 6.07) is 11.8. The Labute approximate surface area is 206 Å². The van der Waals surface area contributed by atoms with Crippen LogP contribution >= 0.6 is 0 Å². The van der Waals surface area contributed by atoms with Crippen LogP contribution in [-0.2, 0) is 6.54 Å². The highest BCUT2D eigenvalue weighted by Gasteiger charge is 2.19. The SMILES string of the molecule is C=Cc1cncc(NC(=C)C2=c3cc(-c4cncc(CNC5CCC(NC)CC5)c4)ccc3=N2)c1. The van der Waals surface area contributed by atoms with Crippen molar-refractivity contribution >= 4 is 17.5 Å². The Bertz CT molecular complexity index is 1370. The molecule has 3 heterocycles. The Morgan fingerprint density at radius 3 is 2.57 bits per heavy atom. The smallest absolute Gasteiger partial charge is 0.0960 e. The van der Waals surface area contributed by atoms with E-state index in [0.29, 0.717) is 12.1 Å². The minimum absolute atomic E-state index is 0.583. The van der Waals surface area contributed by atoms with E-state index in [1.165, 1.54) is 31.2 Å². The Hall–Kier alpha value is -3.61. The average molecular weight is 465 g/mol. The molecule has 0 saturated heterocycles. The van der Waals surface area contributed by atoms with Gasteiger partial charge in [0, 0.05) is 48.0 Å². The Kier molecular flexibility index (Phi) is 6.84. The predicted octanol–water partition coefficient (Wildman–Crippen LogP) is 3.77. The van der Waals surface area contributed by atoms with Gasteiger partial charge in [-0.3, -0.25) is 9.97 Å². The molecule has 178 valence electrons. The highest BCUT2D eigenvalue weighted by Crippen LogP contribution is 2.22. The third-order valence-corrected chi connectivity index (χ3v) is 6.92. The van der Waals surface area contributed by atoms with Gasteiger partial charge in [0.25, 0.3) is 0 Å². The lowest BCUT2D eigenvalue weighted by atomic mass is 9.91. The molecule has 1 aromatic carbocycles. The van der Waals surface area contributed by atoms with Crippen molar-refractivity contribution in [3.63, 3.8) is 0 Å². The molecule has 3 aromatic rings. The lowest BCUT2D eigenvalue weighted by Gasteiger charge is -2.29. The molecule has 5 rings (SSSR count). The lowest BCUT2D eigenvalue weighted by Crippen LogP contribution is -2.38. The molecular weight excluding hydrogens is 432 g/mol. The Balaban J connectivity index is 1.29. The monoisotopic (exact) mass is 464 g/mol. The van der Waals surface area contributed by atoms with Crippen molar-refractivity contribution in [3.05, 3.63) is 95.7 Å². The summed E-state index contributed by atoms with van der Waals surface area (Å²) in [5, 5.41) is 12.5. The van der Waals surface area contributed by atoms with Crippen molar-refractivity contribution in [2.45, 2.75) is 44.3 Å². The van der Waals surface area contributed by atoms with E-state index in [4.69, 9.17) is 0 Å². The van der Waals surface area contributed by atoms with Gasteiger partial charge >= 0.3 is 0 Å². The summed E-state index contributed by atoms with van der Waals surface area (Å²) in [7, 11) is 2.06. The minimum Gasteiger partial charge on any atom is -0.353 e. The van der Waals surface area contributed by atoms with Crippen molar-refractivity contribution in [3.8, 4) is 11.1 Å². The van der Waals surface area contributed by atoms with Gasteiger partial charge < -0.3 is 16.0 Å². The minimum atomic E-state index is 0.583. The van der Waals surface area contributed by atoms with E-state index >= 15 is 0 Å². The van der Waals surface area contributed by atoms with Crippen molar-refractivity contribution in [2.75, 3.05) is 12.4 Å². The number of anilines is 1. The number of nitrogens with zero attached hydrogens (tertiary/aromatic N) is 3. The average Bonchev–Trinajstić information content (AvgIpc) is 2.88. The second kappa shape index (κ2) is 10.3. The Morgan fingerprint density at radius 2 is 1.77 bits per heavy atom. The van der Waals surface area contributed by atoms with E-state index in [1.807, 2.05) is 18.5 Å². The van der Waals surface area contributed by atoms with E-state index in [1.54, 1.807) is 18.5 Å². The van der Waals surface area contributed by atoms with E-state index in [9.17, 15) is 0 Å². The van der Waals surface area contributed by atoms with E-state index in [-0.39, 0.29) is 0 Å². The zero-order valence-electron chi connectivity index (χ0n) is 20.2. The van der Waals surface area contributed by atoms with Crippen LogP contribution in [0.1, 0.15) is 36.8 Å². The van der Waals surface area contributed by atoms with Gasteiger partial charge in [0.1, 0.15) is 0 Å². The summed E-state index contributed by atoms with van der Waals surface area (Å²) in [6.07, 6.45) is 14.1. The van der Waals surface area contributed by atoms with Gasteiger partial charge in [0.2, 0.25) is 0 Å². The maximum absolute atomic E-state index is 4.65. The van der Waals surface area contributed by atoms with Crippen LogP contribution in [0.3, 0.4) is 0 Å². The second-order valence-corrected chi connectivity index (χ2v) is 9.31. The van der Waals surface area contributed by atoms with Gasteiger partial charge in [0.15, 0.2) is 0 Å². The lowest BCUT2D eigenvalue weighted by molar-refractivity contribution is 0.317. The topological polar surface area (TPSA) is 74.2 Å². The zero-order valence-corrected chi connectivity index (χ0v) is 20.2. The number of nitrogens with one attached hydrogen (secondary N) is 3. The highest BCUT2D eigenvalue weighted by molar-refractivity contribution is 5.74. The molecule has 6 heteroatoms. The van der Waals surface area contributed by atoms with Crippen LogP contribution in [0, 0.1) is 0 Å². The number of benzene rings is 1. The number of pyridine rings is 2. The molecule has 35 heavy (non-hydrogen) atoms. The van der Waals surface area contributed by atoms with Crippen LogP contribution in [-0.4, -0.2) is 29.1 Å². The number of hydrogen-bond donors (Lipinski definition) is 3. The Morgan fingerprint density at radius 1 is 0.971 bits per heavy atom. The molecule has 0 amide bonds. The first-order chi connectivity index (χ1) is 17.1. The van der Waals surface area contributed by atoms with Gasteiger partial charge in [-0.25, -0.2) is 4.99 Å². The quantitative estimate of drug-likeness (QED) is 0.450. The van der Waals surface area contributed by atoms with Crippen molar-refractivity contribution in [1.82, 2.24) is 20.6 Å². The highest BCUT2D eigenvalue weighted by atomic mass is 15.0. The first-order valence-corrected chi connectivity index (χ1v) is 12.2. The largest absolute Gasteiger partial charge is 0.353 e. The summed E-state index contributed by atoms with van der Waals surface area (Å²) >= 11 is 0. The number of fused-ring (bicyclic) bond motifs is 1. The van der Waals surface area contributed by atoms with Crippen LogP contribution in [0.25, 0.3) is 22.9 Å². The molecule has 3 N–H and O–H groups in total. The molecule has 6 nitrogen and oxygen atoms in total.